The summed E-state index contributed by atoms with van der Waals surface area (Å²) in [6, 6.07) is 2.43. The van der Waals surface area contributed by atoms with Crippen LogP contribution in [0.1, 0.15) is 30.8 Å². The van der Waals surface area contributed by atoms with Gasteiger partial charge in [-0.1, -0.05) is 0 Å². The van der Waals surface area contributed by atoms with Crippen molar-refractivity contribution in [2.75, 3.05) is 55.8 Å². The standard InChI is InChI=1S/C18H25F3N8/c1-12(15-24-16(22)26-17(25-15)27(2)3)28-7-4-8-29(10-9-28)14-6-5-13(11-23-14)18(19,20)21/h5-6,11-12H,4,7-10H2,1-3H3,(H2,22,24,25,26)/t12-/m1/s1. The zero-order valence-electron chi connectivity index (χ0n) is 16.7. The minimum atomic E-state index is -4.38. The van der Waals surface area contributed by atoms with E-state index in [1.54, 1.807) is 4.90 Å². The second-order valence-corrected chi connectivity index (χ2v) is 7.20. The molecule has 0 radical (unpaired) electrons. The van der Waals surface area contributed by atoms with Crippen molar-refractivity contribution >= 4 is 17.7 Å². The quantitative estimate of drug-likeness (QED) is 0.821. The number of alkyl halides is 3. The second-order valence-electron chi connectivity index (χ2n) is 7.20. The van der Waals surface area contributed by atoms with Crippen LogP contribution in [-0.4, -0.2) is 65.1 Å². The first-order valence-electron chi connectivity index (χ1n) is 9.36. The maximum absolute atomic E-state index is 12.7. The Morgan fingerprint density at radius 3 is 2.45 bits per heavy atom. The molecular formula is C18H25F3N8. The summed E-state index contributed by atoms with van der Waals surface area (Å²) in [5.74, 6) is 1.83. The van der Waals surface area contributed by atoms with Gasteiger partial charge in [0.25, 0.3) is 0 Å². The number of aromatic nitrogens is 4. The van der Waals surface area contributed by atoms with Gasteiger partial charge in [0.05, 0.1) is 11.6 Å². The Morgan fingerprint density at radius 2 is 1.83 bits per heavy atom. The van der Waals surface area contributed by atoms with Gasteiger partial charge in [0.1, 0.15) is 5.82 Å². The third kappa shape index (κ3) is 5.03. The molecule has 11 heteroatoms. The van der Waals surface area contributed by atoms with Gasteiger partial charge in [0.2, 0.25) is 11.9 Å². The van der Waals surface area contributed by atoms with Gasteiger partial charge in [0, 0.05) is 46.5 Å². The van der Waals surface area contributed by atoms with Crippen molar-refractivity contribution in [3.63, 3.8) is 0 Å². The number of anilines is 3. The zero-order chi connectivity index (χ0) is 21.2. The van der Waals surface area contributed by atoms with Crippen molar-refractivity contribution in [2.24, 2.45) is 0 Å². The minimum absolute atomic E-state index is 0.0699. The van der Waals surface area contributed by atoms with Crippen LogP contribution in [0.3, 0.4) is 0 Å². The third-order valence-corrected chi connectivity index (χ3v) is 4.91. The van der Waals surface area contributed by atoms with Crippen LogP contribution in [-0.2, 0) is 6.18 Å². The molecule has 3 rings (SSSR count). The molecule has 0 aliphatic carbocycles. The van der Waals surface area contributed by atoms with E-state index in [2.05, 4.69) is 24.8 Å². The molecule has 158 valence electrons. The average Bonchev–Trinajstić information content (AvgIpc) is 2.92. The van der Waals surface area contributed by atoms with Crippen LogP contribution in [0, 0.1) is 0 Å². The Hall–Kier alpha value is -2.69. The van der Waals surface area contributed by atoms with Gasteiger partial charge in [0.15, 0.2) is 5.82 Å². The lowest BCUT2D eigenvalue weighted by atomic mass is 10.2. The molecule has 0 spiro atoms. The van der Waals surface area contributed by atoms with Gasteiger partial charge < -0.3 is 15.5 Å². The molecule has 2 N–H and O–H groups in total. The fourth-order valence-corrected chi connectivity index (χ4v) is 3.24. The first-order chi connectivity index (χ1) is 13.6. The fourth-order valence-electron chi connectivity index (χ4n) is 3.24. The summed E-state index contributed by atoms with van der Waals surface area (Å²) in [4.78, 5) is 22.9. The third-order valence-electron chi connectivity index (χ3n) is 4.91. The highest BCUT2D eigenvalue weighted by Gasteiger charge is 2.31. The summed E-state index contributed by atoms with van der Waals surface area (Å²) in [6.07, 6.45) is -2.65. The number of hydrogen-bond acceptors (Lipinski definition) is 8. The lowest BCUT2D eigenvalue weighted by Gasteiger charge is -2.27. The molecular weight excluding hydrogens is 385 g/mol. The van der Waals surface area contributed by atoms with Gasteiger partial charge in [-0.25, -0.2) is 4.98 Å². The molecule has 0 aromatic carbocycles. The predicted octanol–water partition coefficient (Wildman–Crippen LogP) is 2.21. The molecule has 2 aromatic rings. The molecule has 2 aromatic heterocycles. The van der Waals surface area contributed by atoms with Gasteiger partial charge in [-0.3, -0.25) is 4.90 Å². The number of nitrogens with two attached hydrogens (primary N) is 1. The van der Waals surface area contributed by atoms with Crippen molar-refractivity contribution in [1.82, 2.24) is 24.8 Å². The number of hydrogen-bond donors (Lipinski definition) is 1. The smallest absolute Gasteiger partial charge is 0.368 e. The van der Waals surface area contributed by atoms with Crippen molar-refractivity contribution < 1.29 is 13.2 Å². The van der Waals surface area contributed by atoms with Crippen molar-refractivity contribution in [2.45, 2.75) is 25.6 Å². The first-order valence-corrected chi connectivity index (χ1v) is 9.36. The number of rotatable bonds is 4. The maximum Gasteiger partial charge on any atom is 0.417 e. The van der Waals surface area contributed by atoms with Gasteiger partial charge in [-0.2, -0.15) is 28.1 Å². The molecule has 1 aliphatic rings. The Kier molecular flexibility index (Phi) is 6.06. The van der Waals surface area contributed by atoms with Gasteiger partial charge in [-0.15, -0.1) is 0 Å². The molecule has 29 heavy (non-hydrogen) atoms. The monoisotopic (exact) mass is 410 g/mol. The highest BCUT2D eigenvalue weighted by molar-refractivity contribution is 5.40. The Morgan fingerprint density at radius 1 is 1.07 bits per heavy atom. The van der Waals surface area contributed by atoms with Crippen molar-refractivity contribution in [3.05, 3.63) is 29.7 Å². The van der Waals surface area contributed by atoms with Crippen LogP contribution in [0.5, 0.6) is 0 Å². The highest BCUT2D eigenvalue weighted by atomic mass is 19.4. The van der Waals surface area contributed by atoms with Crippen molar-refractivity contribution in [1.29, 1.82) is 0 Å². The maximum atomic E-state index is 12.7. The lowest BCUT2D eigenvalue weighted by Crippen LogP contribution is -2.34. The van der Waals surface area contributed by atoms with Gasteiger partial charge >= 0.3 is 6.18 Å². The Balaban J connectivity index is 1.70. The molecule has 1 fully saturated rings. The molecule has 3 heterocycles. The largest absolute Gasteiger partial charge is 0.417 e. The average molecular weight is 410 g/mol. The second kappa shape index (κ2) is 8.36. The van der Waals surface area contributed by atoms with E-state index < -0.39 is 11.7 Å². The molecule has 0 bridgehead atoms. The summed E-state index contributed by atoms with van der Waals surface area (Å²) in [5, 5.41) is 0. The number of nitrogens with zero attached hydrogens (tertiary/aromatic N) is 7. The van der Waals surface area contributed by atoms with Crippen LogP contribution < -0.4 is 15.5 Å². The molecule has 1 saturated heterocycles. The van der Waals surface area contributed by atoms with E-state index in [9.17, 15) is 13.2 Å². The van der Waals surface area contributed by atoms with Crippen LogP contribution in [0.2, 0.25) is 0 Å². The summed E-state index contributed by atoms with van der Waals surface area (Å²) < 4.78 is 38.2. The number of pyridine rings is 1. The number of halogens is 3. The summed E-state index contributed by atoms with van der Waals surface area (Å²) in [5.41, 5.74) is 5.09. The van der Waals surface area contributed by atoms with E-state index in [1.165, 1.54) is 6.07 Å². The first kappa shape index (κ1) is 21.0. The van der Waals surface area contributed by atoms with E-state index >= 15 is 0 Å². The Labute approximate surface area is 167 Å². The van der Waals surface area contributed by atoms with E-state index in [0.717, 1.165) is 25.2 Å². The minimum Gasteiger partial charge on any atom is -0.368 e. The lowest BCUT2D eigenvalue weighted by molar-refractivity contribution is -0.137. The summed E-state index contributed by atoms with van der Waals surface area (Å²) in [7, 11) is 3.67. The Bertz CT molecular complexity index is 825. The molecule has 1 atom stereocenters. The van der Waals surface area contributed by atoms with Gasteiger partial charge in [-0.05, 0) is 25.5 Å². The molecule has 0 unspecified atom stereocenters. The molecule has 1 aliphatic heterocycles. The van der Waals surface area contributed by atoms with E-state index in [1.807, 2.05) is 25.9 Å². The predicted molar refractivity (Wildman–Crippen MR) is 105 cm³/mol. The van der Waals surface area contributed by atoms with E-state index in [4.69, 9.17) is 5.73 Å². The molecule has 0 saturated carbocycles. The van der Waals surface area contributed by atoms with Crippen LogP contribution >= 0.6 is 0 Å². The number of nitrogen functional groups attached to an aromatic ring is 1. The molecule has 8 nitrogen and oxygen atoms in total. The van der Waals surface area contributed by atoms with Crippen LogP contribution in [0.15, 0.2) is 18.3 Å². The van der Waals surface area contributed by atoms with E-state index in [-0.39, 0.29) is 12.0 Å². The summed E-state index contributed by atoms with van der Waals surface area (Å²) in [6.45, 7) is 4.88. The SMILES string of the molecule is C[C@H](c1nc(N)nc(N(C)C)n1)N1CCCN(c2ccc(C(F)(F)F)cn2)CC1. The zero-order valence-corrected chi connectivity index (χ0v) is 16.7. The fraction of sp³-hybridized carbons (Fsp3) is 0.556. The van der Waals surface area contributed by atoms with E-state index in [0.29, 0.717) is 37.2 Å². The molecule has 0 amide bonds. The summed E-state index contributed by atoms with van der Waals surface area (Å²) >= 11 is 0. The normalized spacial score (nSPS) is 17.1. The van der Waals surface area contributed by atoms with Crippen LogP contribution in [0.25, 0.3) is 0 Å². The van der Waals surface area contributed by atoms with Crippen molar-refractivity contribution in [3.8, 4) is 0 Å². The highest BCUT2D eigenvalue weighted by Crippen LogP contribution is 2.29. The topological polar surface area (TPSA) is 87.3 Å². The van der Waals surface area contributed by atoms with Crippen LogP contribution in [0.4, 0.5) is 30.9 Å².